The fourth-order valence-electron chi connectivity index (χ4n) is 1.05. The minimum atomic E-state index is -0.385. The molecule has 1 aromatic rings. The van der Waals surface area contributed by atoms with Crippen molar-refractivity contribution in [3.63, 3.8) is 0 Å². The molecule has 1 N–H and O–H groups in total. The first kappa shape index (κ1) is 15.6. The van der Waals surface area contributed by atoms with E-state index in [1.54, 1.807) is 24.3 Å². The van der Waals surface area contributed by atoms with Crippen LogP contribution in [-0.2, 0) is 21.8 Å². The number of hydrogen-bond donors (Lipinski definition) is 1. The summed E-state index contributed by atoms with van der Waals surface area (Å²) < 4.78 is 4.65. The number of allylic oxidation sites excluding steroid dienone is 5. The molecule has 4 heteroatoms. The predicted molar refractivity (Wildman–Crippen MR) is 60.4 cm³/mol. The minimum absolute atomic E-state index is 0. The van der Waals surface area contributed by atoms with Gasteiger partial charge in [-0.05, 0) is 5.57 Å². The van der Waals surface area contributed by atoms with Crippen LogP contribution in [0.5, 0.6) is 0 Å². The maximum Gasteiger partial charge on any atom is 2.00 e. The smallest absolute Gasteiger partial charge is 0.610 e. The van der Waals surface area contributed by atoms with Crippen molar-refractivity contribution < 1.29 is 32.0 Å². The Kier molecular flexibility index (Phi) is 9.06. The van der Waals surface area contributed by atoms with Crippen molar-refractivity contribution in [2.45, 2.75) is 0 Å². The summed E-state index contributed by atoms with van der Waals surface area (Å²) in [6.07, 6.45) is 6.85. The Morgan fingerprint density at radius 1 is 1.24 bits per heavy atom. The normalized spacial score (nSPS) is 11.5. The molecule has 92 valence electrons. The third kappa shape index (κ3) is 6.74. The second-order valence-electron chi connectivity index (χ2n) is 3.00. The molecule has 0 spiro atoms. The maximum absolute atomic E-state index is 10.9. The van der Waals surface area contributed by atoms with Gasteiger partial charge >= 0.3 is 17.1 Å². The molecular formula is C13H14FeO3. The van der Waals surface area contributed by atoms with Crippen LogP contribution in [0.2, 0.25) is 0 Å². The van der Waals surface area contributed by atoms with E-state index in [0.29, 0.717) is 5.57 Å². The Hall–Kier alpha value is -1.35. The minimum Gasteiger partial charge on any atom is -0.610 e. The molecule has 0 saturated heterocycles. The molecule has 3 nitrogen and oxygen atoms in total. The van der Waals surface area contributed by atoms with Gasteiger partial charge in [0.2, 0.25) is 0 Å². The van der Waals surface area contributed by atoms with Crippen LogP contribution in [0.3, 0.4) is 0 Å². The molecule has 1 aromatic carbocycles. The Morgan fingerprint density at radius 3 is 2.24 bits per heavy atom. The molecule has 17 heavy (non-hydrogen) atoms. The number of rotatable bonds is 3. The van der Waals surface area contributed by atoms with Crippen molar-refractivity contribution in [2.24, 2.45) is 0 Å². The van der Waals surface area contributed by atoms with Gasteiger partial charge in [0.05, 0.1) is 12.6 Å². The fourth-order valence-corrected chi connectivity index (χ4v) is 1.05. The quantitative estimate of drug-likeness (QED) is 0.510. The van der Waals surface area contributed by atoms with Crippen LogP contribution in [-0.4, -0.2) is 18.3 Å². The van der Waals surface area contributed by atoms with Gasteiger partial charge in [-0.1, -0.05) is 24.3 Å². The number of ether oxygens (including phenoxy) is 1. The van der Waals surface area contributed by atoms with Crippen LogP contribution in [0, 0.1) is 0 Å². The summed E-state index contributed by atoms with van der Waals surface area (Å²) in [5, 5.41) is 19.3. The van der Waals surface area contributed by atoms with Crippen LogP contribution in [0.4, 0.5) is 0 Å². The summed E-state index contributed by atoms with van der Waals surface area (Å²) in [4.78, 5) is 0. The van der Waals surface area contributed by atoms with E-state index in [4.69, 9.17) is 5.11 Å². The fraction of sp³-hybridized carbons (Fsp3) is 0.154. The SMILES string of the molecule is [Fe+2].[O-]C(OCCO)=C1C=CC=C1.c1cc[cH-]c1. The summed E-state index contributed by atoms with van der Waals surface area (Å²) >= 11 is 0. The zero-order valence-electron chi connectivity index (χ0n) is 9.23. The van der Waals surface area contributed by atoms with Crippen molar-refractivity contribution >= 4 is 0 Å². The van der Waals surface area contributed by atoms with E-state index >= 15 is 0 Å². The van der Waals surface area contributed by atoms with Crippen LogP contribution in [0.25, 0.3) is 0 Å². The van der Waals surface area contributed by atoms with Gasteiger partial charge in [-0.25, -0.2) is 12.1 Å². The first-order valence-electron chi connectivity index (χ1n) is 5.01. The molecule has 2 rings (SSSR count). The average Bonchev–Trinajstić information content (AvgIpc) is 2.98. The van der Waals surface area contributed by atoms with Crippen molar-refractivity contribution in [3.8, 4) is 0 Å². The van der Waals surface area contributed by atoms with Crippen molar-refractivity contribution in [2.75, 3.05) is 13.2 Å². The molecule has 1 aliphatic rings. The number of hydrogen-bond acceptors (Lipinski definition) is 3. The van der Waals surface area contributed by atoms with E-state index in [-0.39, 0.29) is 36.2 Å². The van der Waals surface area contributed by atoms with E-state index < -0.39 is 0 Å². The van der Waals surface area contributed by atoms with Crippen molar-refractivity contribution in [3.05, 3.63) is 66.2 Å². The second-order valence-corrected chi connectivity index (χ2v) is 3.00. The summed E-state index contributed by atoms with van der Waals surface area (Å²) in [5.74, 6) is -0.385. The third-order valence-corrected chi connectivity index (χ3v) is 1.78. The summed E-state index contributed by atoms with van der Waals surface area (Å²) in [6.45, 7) is -0.0730. The Bertz CT molecular complexity index is 333. The van der Waals surface area contributed by atoms with E-state index in [1.165, 1.54) is 0 Å². The van der Waals surface area contributed by atoms with E-state index in [0.717, 1.165) is 0 Å². The average molecular weight is 274 g/mol. The molecule has 0 aromatic heterocycles. The number of aliphatic hydroxyl groups is 1. The zero-order chi connectivity index (χ0) is 11.6. The van der Waals surface area contributed by atoms with E-state index in [9.17, 15) is 5.11 Å². The molecule has 0 aliphatic heterocycles. The molecule has 0 bridgehead atoms. The monoisotopic (exact) mass is 274 g/mol. The van der Waals surface area contributed by atoms with Gasteiger partial charge in [0.15, 0.2) is 0 Å². The largest absolute Gasteiger partial charge is 2.00 e. The number of aliphatic hydroxyl groups excluding tert-OH is 1. The van der Waals surface area contributed by atoms with Crippen LogP contribution < -0.4 is 5.11 Å². The van der Waals surface area contributed by atoms with Gasteiger partial charge in [-0.15, -0.1) is 0 Å². The summed E-state index contributed by atoms with van der Waals surface area (Å²) in [6, 6.07) is 10.0. The predicted octanol–water partition coefficient (Wildman–Crippen LogP) is 1.10. The van der Waals surface area contributed by atoms with Gasteiger partial charge in [-0.2, -0.15) is 18.2 Å². The molecule has 0 saturated carbocycles. The third-order valence-electron chi connectivity index (χ3n) is 1.78. The van der Waals surface area contributed by atoms with Crippen LogP contribution in [0.15, 0.2) is 66.2 Å². The molecule has 0 radical (unpaired) electrons. The van der Waals surface area contributed by atoms with Gasteiger partial charge in [0.1, 0.15) is 0 Å². The topological polar surface area (TPSA) is 52.5 Å². The maximum atomic E-state index is 10.9. The first-order chi connectivity index (χ1) is 7.84. The summed E-state index contributed by atoms with van der Waals surface area (Å²) in [5.41, 5.74) is 0.526. The van der Waals surface area contributed by atoms with Crippen molar-refractivity contribution in [1.82, 2.24) is 0 Å². The Balaban J connectivity index is 0.000000360. The molecule has 1 aliphatic carbocycles. The second kappa shape index (κ2) is 9.85. The standard InChI is InChI=1S/C8H10O3.C5H5.Fe/c9-5-6-11-8(10)7-3-1-2-4-7;1-2-4-5-3-1;/h1-4,9-10H,5-6H2;1-5H;/q;-1;+2/p-1. The molecule has 0 unspecified atom stereocenters. The molecule has 0 atom stereocenters. The van der Waals surface area contributed by atoms with E-state index in [2.05, 4.69) is 4.74 Å². The molecule has 0 fully saturated rings. The Morgan fingerprint density at radius 2 is 1.82 bits per heavy atom. The van der Waals surface area contributed by atoms with Crippen molar-refractivity contribution in [1.29, 1.82) is 0 Å². The molecular weight excluding hydrogens is 260 g/mol. The molecule has 0 amide bonds. The van der Waals surface area contributed by atoms with E-state index in [1.807, 2.05) is 30.3 Å². The van der Waals surface area contributed by atoms with Crippen LogP contribution in [0.1, 0.15) is 0 Å². The van der Waals surface area contributed by atoms with Gasteiger partial charge in [0.25, 0.3) is 0 Å². The van der Waals surface area contributed by atoms with Gasteiger partial charge in [0, 0.05) is 6.61 Å². The van der Waals surface area contributed by atoms with Crippen LogP contribution >= 0.6 is 0 Å². The molecule has 0 heterocycles. The summed E-state index contributed by atoms with van der Waals surface area (Å²) in [7, 11) is 0. The Labute approximate surface area is 112 Å². The van der Waals surface area contributed by atoms with Gasteiger partial charge < -0.3 is 14.9 Å². The zero-order valence-corrected chi connectivity index (χ0v) is 10.3. The van der Waals surface area contributed by atoms with Gasteiger partial charge in [-0.3, -0.25) is 0 Å². The first-order valence-corrected chi connectivity index (χ1v) is 5.01.